The highest BCUT2D eigenvalue weighted by molar-refractivity contribution is 7.92. The number of aliphatic hydroxyl groups is 1. The van der Waals surface area contributed by atoms with Crippen LogP contribution in [0.15, 0.2) is 47.4 Å². The number of carbonyl (C=O) groups is 1. The van der Waals surface area contributed by atoms with Gasteiger partial charge < -0.3 is 10.4 Å². The zero-order valence-corrected chi connectivity index (χ0v) is 17.7. The van der Waals surface area contributed by atoms with E-state index in [1.165, 1.54) is 12.1 Å². The monoisotopic (exact) mass is 476 g/mol. The molecule has 1 aliphatic carbocycles. The van der Waals surface area contributed by atoms with Gasteiger partial charge >= 0.3 is 6.18 Å². The zero-order chi connectivity index (χ0) is 22.8. The van der Waals surface area contributed by atoms with E-state index in [0.29, 0.717) is 31.7 Å². The van der Waals surface area contributed by atoms with E-state index in [1.807, 2.05) is 0 Å². The van der Waals surface area contributed by atoms with Crippen molar-refractivity contribution in [2.24, 2.45) is 0 Å². The highest BCUT2D eigenvalue weighted by Crippen LogP contribution is 2.31. The molecule has 0 radical (unpaired) electrons. The van der Waals surface area contributed by atoms with Gasteiger partial charge in [-0.05, 0) is 62.1 Å². The van der Waals surface area contributed by atoms with Crippen LogP contribution in [0.5, 0.6) is 0 Å². The van der Waals surface area contributed by atoms with Gasteiger partial charge in [-0.25, -0.2) is 8.42 Å². The molecule has 0 unspecified atom stereocenters. The first kappa shape index (κ1) is 23.4. The van der Waals surface area contributed by atoms with Crippen molar-refractivity contribution in [1.29, 1.82) is 0 Å². The van der Waals surface area contributed by atoms with Gasteiger partial charge in [0.25, 0.3) is 15.9 Å². The van der Waals surface area contributed by atoms with Crippen molar-refractivity contribution in [2.45, 2.75) is 48.9 Å². The topological polar surface area (TPSA) is 95.5 Å². The maximum atomic E-state index is 12.9. The minimum Gasteiger partial charge on any atom is -0.393 e. The Kier molecular flexibility index (Phi) is 6.82. The summed E-state index contributed by atoms with van der Waals surface area (Å²) >= 11 is 6.07. The van der Waals surface area contributed by atoms with E-state index in [-0.39, 0.29) is 27.2 Å². The highest BCUT2D eigenvalue weighted by atomic mass is 35.5. The van der Waals surface area contributed by atoms with Crippen LogP contribution < -0.4 is 10.0 Å². The average Bonchev–Trinajstić information content (AvgIpc) is 2.69. The number of hydrogen-bond acceptors (Lipinski definition) is 4. The van der Waals surface area contributed by atoms with Crippen LogP contribution in [0.3, 0.4) is 0 Å². The molecule has 0 spiro atoms. The highest BCUT2D eigenvalue weighted by Gasteiger charge is 2.31. The van der Waals surface area contributed by atoms with Gasteiger partial charge in [-0.15, -0.1) is 0 Å². The summed E-state index contributed by atoms with van der Waals surface area (Å²) in [5, 5.41) is 12.4. The van der Waals surface area contributed by atoms with Gasteiger partial charge in [-0.1, -0.05) is 17.7 Å². The second-order valence-electron chi connectivity index (χ2n) is 7.30. The Morgan fingerprint density at radius 1 is 1.06 bits per heavy atom. The molecule has 0 aliphatic heterocycles. The molecular weight excluding hydrogens is 457 g/mol. The van der Waals surface area contributed by atoms with Crippen LogP contribution in [0.2, 0.25) is 5.02 Å². The Labute approximate surface area is 182 Å². The number of aliphatic hydroxyl groups excluding tert-OH is 1. The van der Waals surface area contributed by atoms with E-state index >= 15 is 0 Å². The summed E-state index contributed by atoms with van der Waals surface area (Å²) < 4.78 is 66.1. The molecule has 168 valence electrons. The Bertz CT molecular complexity index is 1070. The summed E-state index contributed by atoms with van der Waals surface area (Å²) in [5.41, 5.74) is -1.34. The van der Waals surface area contributed by atoms with Crippen LogP contribution in [-0.2, 0) is 16.2 Å². The normalized spacial score (nSPS) is 19.6. The Morgan fingerprint density at radius 2 is 1.74 bits per heavy atom. The van der Waals surface area contributed by atoms with Crippen LogP contribution >= 0.6 is 11.6 Å². The van der Waals surface area contributed by atoms with Gasteiger partial charge in [0.05, 0.1) is 27.1 Å². The lowest BCUT2D eigenvalue weighted by Gasteiger charge is -2.26. The van der Waals surface area contributed by atoms with Crippen molar-refractivity contribution in [3.63, 3.8) is 0 Å². The van der Waals surface area contributed by atoms with E-state index in [1.54, 1.807) is 0 Å². The Balaban J connectivity index is 1.80. The molecule has 31 heavy (non-hydrogen) atoms. The SMILES string of the molecule is O=C(NC1CCC(O)CC1)c1cc(S(=O)(=O)Nc2cccc(C(F)(F)F)c2)ccc1Cl. The van der Waals surface area contributed by atoms with Crippen LogP contribution in [0, 0.1) is 0 Å². The summed E-state index contributed by atoms with van der Waals surface area (Å²) in [5.74, 6) is -0.567. The molecule has 0 aromatic heterocycles. The fourth-order valence-corrected chi connectivity index (χ4v) is 4.58. The first-order valence-electron chi connectivity index (χ1n) is 9.44. The molecule has 3 rings (SSSR count). The fraction of sp³-hybridized carbons (Fsp3) is 0.350. The van der Waals surface area contributed by atoms with E-state index in [0.717, 1.165) is 24.3 Å². The lowest BCUT2D eigenvalue weighted by Crippen LogP contribution is -2.38. The molecule has 0 atom stereocenters. The molecule has 1 saturated carbocycles. The van der Waals surface area contributed by atoms with Crippen molar-refractivity contribution in [3.05, 3.63) is 58.6 Å². The third kappa shape index (κ3) is 5.90. The third-order valence-electron chi connectivity index (χ3n) is 4.97. The Hall–Kier alpha value is -2.30. The summed E-state index contributed by atoms with van der Waals surface area (Å²) in [7, 11) is -4.28. The van der Waals surface area contributed by atoms with Crippen molar-refractivity contribution in [2.75, 3.05) is 4.72 Å². The molecule has 6 nitrogen and oxygen atoms in total. The van der Waals surface area contributed by atoms with Gasteiger partial charge in [-0.3, -0.25) is 9.52 Å². The number of rotatable bonds is 5. The number of carbonyl (C=O) groups excluding carboxylic acids is 1. The van der Waals surface area contributed by atoms with Gasteiger partial charge in [0.2, 0.25) is 0 Å². The molecule has 11 heteroatoms. The summed E-state index contributed by atoms with van der Waals surface area (Å²) in [4.78, 5) is 12.3. The second-order valence-corrected chi connectivity index (χ2v) is 9.39. The molecule has 1 amide bonds. The van der Waals surface area contributed by atoms with Gasteiger partial charge in [0.15, 0.2) is 0 Å². The van der Waals surface area contributed by atoms with Crippen LogP contribution in [-0.4, -0.2) is 31.6 Å². The number of nitrogens with one attached hydrogen (secondary N) is 2. The quantitative estimate of drug-likeness (QED) is 0.603. The first-order chi connectivity index (χ1) is 14.5. The molecule has 0 heterocycles. The molecule has 0 bridgehead atoms. The van der Waals surface area contributed by atoms with Crippen molar-refractivity contribution >= 4 is 33.2 Å². The van der Waals surface area contributed by atoms with Gasteiger partial charge in [0.1, 0.15) is 0 Å². The van der Waals surface area contributed by atoms with E-state index in [2.05, 4.69) is 10.0 Å². The first-order valence-corrected chi connectivity index (χ1v) is 11.3. The zero-order valence-electron chi connectivity index (χ0n) is 16.1. The smallest absolute Gasteiger partial charge is 0.393 e. The number of sulfonamides is 1. The lowest BCUT2D eigenvalue weighted by molar-refractivity contribution is -0.137. The minimum absolute atomic E-state index is 0.0337. The second kappa shape index (κ2) is 9.05. The number of benzene rings is 2. The van der Waals surface area contributed by atoms with Crippen LogP contribution in [0.25, 0.3) is 0 Å². The van der Waals surface area contributed by atoms with Crippen LogP contribution in [0.4, 0.5) is 18.9 Å². The molecule has 2 aromatic carbocycles. The lowest BCUT2D eigenvalue weighted by atomic mass is 9.93. The Morgan fingerprint density at radius 3 is 2.39 bits per heavy atom. The van der Waals surface area contributed by atoms with Crippen molar-refractivity contribution < 1.29 is 31.5 Å². The maximum absolute atomic E-state index is 12.9. The molecule has 3 N–H and O–H groups in total. The van der Waals surface area contributed by atoms with Crippen molar-refractivity contribution in [3.8, 4) is 0 Å². The summed E-state index contributed by atoms with van der Waals surface area (Å²) in [6, 6.07) is 7.08. The van der Waals surface area contributed by atoms with E-state index in [4.69, 9.17) is 11.6 Å². The molecular formula is C20H20ClF3N2O4S. The fourth-order valence-electron chi connectivity index (χ4n) is 3.30. The minimum atomic E-state index is -4.62. The molecule has 1 fully saturated rings. The van der Waals surface area contributed by atoms with Crippen molar-refractivity contribution in [1.82, 2.24) is 5.32 Å². The molecule has 0 saturated heterocycles. The summed E-state index contributed by atoms with van der Waals surface area (Å²) in [6.45, 7) is 0. The van der Waals surface area contributed by atoms with Gasteiger partial charge in [-0.2, -0.15) is 13.2 Å². The molecule has 1 aliphatic rings. The third-order valence-corrected chi connectivity index (χ3v) is 6.68. The standard InChI is InChI=1S/C20H20ClF3N2O4S/c21-18-9-8-16(11-17(18)19(28)25-13-4-6-15(27)7-5-13)31(29,30)26-14-3-1-2-12(10-14)20(22,23)24/h1-3,8-11,13,15,26-27H,4-7H2,(H,25,28). The number of halogens is 4. The predicted molar refractivity (Wildman–Crippen MR) is 109 cm³/mol. The molecule has 2 aromatic rings. The average molecular weight is 477 g/mol. The number of anilines is 1. The van der Waals surface area contributed by atoms with E-state index in [9.17, 15) is 31.5 Å². The largest absolute Gasteiger partial charge is 0.416 e. The van der Waals surface area contributed by atoms with Crippen LogP contribution in [0.1, 0.15) is 41.6 Å². The van der Waals surface area contributed by atoms with Gasteiger partial charge in [0, 0.05) is 11.7 Å². The van der Waals surface area contributed by atoms with E-state index < -0.39 is 33.8 Å². The summed E-state index contributed by atoms with van der Waals surface area (Å²) in [6.07, 6.45) is -2.75. The predicted octanol–water partition coefficient (Wildman–Crippen LogP) is 4.19. The maximum Gasteiger partial charge on any atom is 0.416 e. The number of alkyl halides is 3. The number of amides is 1. The number of hydrogen-bond donors (Lipinski definition) is 3.